The lowest BCUT2D eigenvalue weighted by atomic mass is 9.97. The van der Waals surface area contributed by atoms with Gasteiger partial charge in [0.1, 0.15) is 5.75 Å². The van der Waals surface area contributed by atoms with Crippen molar-refractivity contribution in [3.63, 3.8) is 0 Å². The van der Waals surface area contributed by atoms with Crippen LogP contribution in [0.5, 0.6) is 5.75 Å². The quantitative estimate of drug-likeness (QED) is 0.440. The number of carbonyl (C=O) groups excluding carboxylic acids is 2. The van der Waals surface area contributed by atoms with Gasteiger partial charge in [-0.3, -0.25) is 9.59 Å². The molecule has 0 unspecified atom stereocenters. The molecule has 1 aromatic rings. The number of hydrogen-bond acceptors (Lipinski definition) is 3. The van der Waals surface area contributed by atoms with Gasteiger partial charge >= 0.3 is 5.97 Å². The second-order valence-electron chi connectivity index (χ2n) is 6.09. The average Bonchev–Trinajstić information content (AvgIpc) is 2.51. The number of carbonyl (C=O) groups is 2. The highest BCUT2D eigenvalue weighted by molar-refractivity contribution is 5.98. The lowest BCUT2D eigenvalue weighted by Gasteiger charge is -2.17. The predicted octanol–water partition coefficient (Wildman–Crippen LogP) is 3.55. The number of aryl methyl sites for hydroxylation is 1. The normalized spacial score (nSPS) is 15.6. The van der Waals surface area contributed by atoms with Crippen molar-refractivity contribution in [1.29, 1.82) is 0 Å². The molecule has 0 spiro atoms. The monoisotopic (exact) mass is 260 g/mol. The zero-order chi connectivity index (χ0) is 14.0. The summed E-state index contributed by atoms with van der Waals surface area (Å²) in [7, 11) is 0. The van der Waals surface area contributed by atoms with Gasteiger partial charge in [-0.25, -0.2) is 0 Å². The Morgan fingerprint density at radius 3 is 2.53 bits per heavy atom. The van der Waals surface area contributed by atoms with Gasteiger partial charge in [0.05, 0.1) is 5.41 Å². The fourth-order valence-corrected chi connectivity index (χ4v) is 2.09. The van der Waals surface area contributed by atoms with Gasteiger partial charge in [-0.05, 0) is 57.7 Å². The summed E-state index contributed by atoms with van der Waals surface area (Å²) in [6, 6.07) is 5.40. The molecule has 1 aliphatic carbocycles. The smallest absolute Gasteiger partial charge is 0.316 e. The van der Waals surface area contributed by atoms with E-state index in [0.29, 0.717) is 12.2 Å². The molecule has 0 atom stereocenters. The van der Waals surface area contributed by atoms with Crippen LogP contribution >= 0.6 is 0 Å². The van der Waals surface area contributed by atoms with Gasteiger partial charge in [-0.2, -0.15) is 0 Å². The molecular weight excluding hydrogens is 240 g/mol. The summed E-state index contributed by atoms with van der Waals surface area (Å²) in [6.07, 6.45) is 3.49. The summed E-state index contributed by atoms with van der Waals surface area (Å²) < 4.78 is 5.34. The third-order valence-electron chi connectivity index (χ3n) is 3.30. The average molecular weight is 260 g/mol. The van der Waals surface area contributed by atoms with Gasteiger partial charge in [0.15, 0.2) is 5.78 Å². The minimum Gasteiger partial charge on any atom is -0.426 e. The molecule has 1 aromatic carbocycles. The Balaban J connectivity index is 2.25. The number of ether oxygens (including phenoxy) is 1. The van der Waals surface area contributed by atoms with Crippen molar-refractivity contribution in [2.24, 2.45) is 5.41 Å². The first kappa shape index (κ1) is 13.8. The van der Waals surface area contributed by atoms with Crippen molar-refractivity contribution in [3.05, 3.63) is 29.3 Å². The summed E-state index contributed by atoms with van der Waals surface area (Å²) in [5, 5.41) is 0. The van der Waals surface area contributed by atoms with Gasteiger partial charge in [0.2, 0.25) is 0 Å². The number of fused-ring (bicyclic) bond motifs is 1. The molecule has 3 heteroatoms. The third-order valence-corrected chi connectivity index (χ3v) is 3.30. The molecule has 3 nitrogen and oxygen atoms in total. The predicted molar refractivity (Wildman–Crippen MR) is 73.4 cm³/mol. The molecule has 0 fully saturated rings. The zero-order valence-corrected chi connectivity index (χ0v) is 11.8. The van der Waals surface area contributed by atoms with Gasteiger partial charge < -0.3 is 4.74 Å². The van der Waals surface area contributed by atoms with E-state index in [1.54, 1.807) is 12.1 Å². The van der Waals surface area contributed by atoms with E-state index in [1.165, 1.54) is 0 Å². The Morgan fingerprint density at radius 1 is 1.16 bits per heavy atom. The molecule has 0 N–H and O–H groups in total. The molecule has 1 aliphatic rings. The van der Waals surface area contributed by atoms with Crippen molar-refractivity contribution in [2.75, 3.05) is 0 Å². The maximum Gasteiger partial charge on any atom is 0.316 e. The highest BCUT2D eigenvalue weighted by Crippen LogP contribution is 2.26. The van der Waals surface area contributed by atoms with E-state index < -0.39 is 5.41 Å². The van der Waals surface area contributed by atoms with Crippen molar-refractivity contribution in [1.82, 2.24) is 0 Å². The number of hydrogen-bond donors (Lipinski definition) is 0. The number of esters is 1. The molecular formula is C16H20O3. The van der Waals surface area contributed by atoms with E-state index in [0.717, 1.165) is 30.4 Å². The highest BCUT2D eigenvalue weighted by Gasteiger charge is 2.24. The van der Waals surface area contributed by atoms with Crippen LogP contribution in [0, 0.1) is 5.41 Å². The first-order valence-electron chi connectivity index (χ1n) is 6.76. The van der Waals surface area contributed by atoms with Crippen LogP contribution in [0.4, 0.5) is 0 Å². The fourth-order valence-electron chi connectivity index (χ4n) is 2.09. The Hall–Kier alpha value is -1.64. The topological polar surface area (TPSA) is 43.4 Å². The molecule has 2 rings (SSSR count). The highest BCUT2D eigenvalue weighted by atomic mass is 16.5. The molecule has 19 heavy (non-hydrogen) atoms. The molecule has 0 saturated heterocycles. The molecule has 0 heterocycles. The third kappa shape index (κ3) is 3.22. The number of benzene rings is 1. The maximum atomic E-state index is 12.0. The summed E-state index contributed by atoms with van der Waals surface area (Å²) in [5.74, 6) is 0.337. The van der Waals surface area contributed by atoms with Crippen LogP contribution < -0.4 is 4.74 Å². The number of Topliss-reactive ketones (excluding diaryl/α,β-unsaturated/α-hetero) is 1. The van der Waals surface area contributed by atoms with E-state index in [1.807, 2.05) is 26.8 Å². The summed E-state index contributed by atoms with van der Waals surface area (Å²) in [6.45, 7) is 5.43. The van der Waals surface area contributed by atoms with E-state index in [4.69, 9.17) is 4.74 Å². The Labute approximate surface area is 114 Å². The molecule has 0 bridgehead atoms. The van der Waals surface area contributed by atoms with Crippen molar-refractivity contribution in [2.45, 2.75) is 46.5 Å². The van der Waals surface area contributed by atoms with Crippen LogP contribution in [0.15, 0.2) is 18.2 Å². The van der Waals surface area contributed by atoms with Crippen LogP contribution in [0.25, 0.3) is 0 Å². The SMILES string of the molecule is CC(C)(C)C(=O)Oc1ccc2c(c1)C(=O)CCCC2. The number of ketones is 1. The van der Waals surface area contributed by atoms with Gasteiger partial charge in [0, 0.05) is 12.0 Å². The summed E-state index contributed by atoms with van der Waals surface area (Å²) in [5.41, 5.74) is 1.24. The van der Waals surface area contributed by atoms with Crippen molar-refractivity contribution >= 4 is 11.8 Å². The first-order chi connectivity index (χ1) is 8.88. The molecule has 0 aromatic heterocycles. The van der Waals surface area contributed by atoms with Crippen LogP contribution in [-0.4, -0.2) is 11.8 Å². The van der Waals surface area contributed by atoms with Gasteiger partial charge in [0.25, 0.3) is 0 Å². The van der Waals surface area contributed by atoms with Crippen LogP contribution in [-0.2, 0) is 11.2 Å². The van der Waals surface area contributed by atoms with Crippen molar-refractivity contribution in [3.8, 4) is 5.75 Å². The van der Waals surface area contributed by atoms with Gasteiger partial charge in [-0.1, -0.05) is 6.07 Å². The lowest BCUT2D eigenvalue weighted by molar-refractivity contribution is -0.143. The van der Waals surface area contributed by atoms with Crippen LogP contribution in [0.1, 0.15) is 56.0 Å². The first-order valence-corrected chi connectivity index (χ1v) is 6.76. The van der Waals surface area contributed by atoms with Crippen LogP contribution in [0.2, 0.25) is 0 Å². The van der Waals surface area contributed by atoms with E-state index in [-0.39, 0.29) is 11.8 Å². The molecule has 102 valence electrons. The van der Waals surface area contributed by atoms with Crippen molar-refractivity contribution < 1.29 is 14.3 Å². The van der Waals surface area contributed by atoms with Crippen LogP contribution in [0.3, 0.4) is 0 Å². The Kier molecular flexibility index (Phi) is 3.74. The van der Waals surface area contributed by atoms with E-state index in [9.17, 15) is 9.59 Å². The number of rotatable bonds is 1. The Morgan fingerprint density at radius 2 is 1.84 bits per heavy atom. The fraction of sp³-hybridized carbons (Fsp3) is 0.500. The lowest BCUT2D eigenvalue weighted by Crippen LogP contribution is -2.25. The zero-order valence-electron chi connectivity index (χ0n) is 11.8. The second-order valence-corrected chi connectivity index (χ2v) is 6.09. The molecule has 0 radical (unpaired) electrons. The molecule has 0 saturated carbocycles. The molecule has 0 aliphatic heterocycles. The standard InChI is InChI=1S/C16H20O3/c1-16(2,3)15(18)19-12-9-8-11-6-4-5-7-14(17)13(11)10-12/h8-10H,4-7H2,1-3H3. The minimum absolute atomic E-state index is 0.154. The van der Waals surface area contributed by atoms with E-state index >= 15 is 0 Å². The molecule has 0 amide bonds. The second kappa shape index (κ2) is 5.16. The minimum atomic E-state index is -0.545. The largest absolute Gasteiger partial charge is 0.426 e. The maximum absolute atomic E-state index is 12.0. The summed E-state index contributed by atoms with van der Waals surface area (Å²) >= 11 is 0. The Bertz CT molecular complexity index is 509. The van der Waals surface area contributed by atoms with Gasteiger partial charge in [-0.15, -0.1) is 0 Å². The summed E-state index contributed by atoms with van der Waals surface area (Å²) in [4.78, 5) is 23.8. The van der Waals surface area contributed by atoms with E-state index in [2.05, 4.69) is 0 Å².